The maximum absolute atomic E-state index is 12.8. The fourth-order valence-corrected chi connectivity index (χ4v) is 5.83. The predicted molar refractivity (Wildman–Crippen MR) is 128 cm³/mol. The lowest BCUT2D eigenvalue weighted by Crippen LogP contribution is -2.38. The molecule has 7 nitrogen and oxygen atoms in total. The number of aromatic nitrogens is 2. The quantitative estimate of drug-likeness (QED) is 0.608. The second-order valence-electron chi connectivity index (χ2n) is 9.50. The molecular formula is C24H31N5O2S. The number of nitrogens with zero attached hydrogens (tertiary/aromatic N) is 4. The maximum atomic E-state index is 12.8. The molecule has 170 valence electrons. The van der Waals surface area contributed by atoms with Gasteiger partial charge in [-0.05, 0) is 43.2 Å². The lowest BCUT2D eigenvalue weighted by atomic mass is 9.92. The number of fused-ring (bicyclic) bond motifs is 1. The number of benzene rings is 1. The van der Waals surface area contributed by atoms with Crippen molar-refractivity contribution in [3.8, 4) is 0 Å². The van der Waals surface area contributed by atoms with Gasteiger partial charge in [-0.25, -0.2) is 4.98 Å². The molecule has 2 aliphatic heterocycles. The summed E-state index contributed by atoms with van der Waals surface area (Å²) in [7, 11) is 0. The van der Waals surface area contributed by atoms with E-state index in [1.165, 1.54) is 17.8 Å². The average molecular weight is 454 g/mol. The number of carbonyl (C=O) groups excluding carboxylic acids is 1. The molecule has 0 unspecified atom stereocenters. The zero-order valence-electron chi connectivity index (χ0n) is 18.8. The largest absolute Gasteiger partial charge is 0.423 e. The van der Waals surface area contributed by atoms with Crippen molar-refractivity contribution in [2.24, 2.45) is 17.8 Å². The Morgan fingerprint density at radius 2 is 1.91 bits per heavy atom. The van der Waals surface area contributed by atoms with Crippen LogP contribution in [0.15, 0.2) is 34.1 Å². The molecule has 0 radical (unpaired) electrons. The van der Waals surface area contributed by atoms with Crippen LogP contribution in [0.25, 0.3) is 11.1 Å². The Bertz CT molecular complexity index is 1030. The Morgan fingerprint density at radius 3 is 2.66 bits per heavy atom. The van der Waals surface area contributed by atoms with Crippen molar-refractivity contribution in [3.05, 3.63) is 35.3 Å². The molecule has 5 rings (SSSR count). The smallest absolute Gasteiger partial charge is 0.298 e. The van der Waals surface area contributed by atoms with Crippen LogP contribution in [0.1, 0.15) is 38.8 Å². The molecule has 0 saturated carbocycles. The van der Waals surface area contributed by atoms with E-state index in [1.54, 1.807) is 0 Å². The highest BCUT2D eigenvalue weighted by Gasteiger charge is 2.28. The van der Waals surface area contributed by atoms with E-state index in [4.69, 9.17) is 4.42 Å². The number of amides is 1. The lowest BCUT2D eigenvalue weighted by molar-refractivity contribution is -0.120. The Kier molecular flexibility index (Phi) is 6.15. The summed E-state index contributed by atoms with van der Waals surface area (Å²) in [6.45, 7) is 9.29. The van der Waals surface area contributed by atoms with Crippen LogP contribution < -0.4 is 10.2 Å². The zero-order valence-corrected chi connectivity index (χ0v) is 19.6. The number of hydrogen-bond donors (Lipinski definition) is 1. The summed E-state index contributed by atoms with van der Waals surface area (Å²) in [4.78, 5) is 26.7. The minimum atomic E-state index is -0.00762. The fourth-order valence-electron chi connectivity index (χ4n) is 5.12. The number of thiazole rings is 1. The second-order valence-corrected chi connectivity index (χ2v) is 10.4. The van der Waals surface area contributed by atoms with Gasteiger partial charge in [0.1, 0.15) is 5.52 Å². The van der Waals surface area contributed by atoms with Crippen LogP contribution >= 0.6 is 11.3 Å². The van der Waals surface area contributed by atoms with Gasteiger partial charge in [-0.3, -0.25) is 9.69 Å². The van der Waals surface area contributed by atoms with Gasteiger partial charge >= 0.3 is 0 Å². The highest BCUT2D eigenvalue weighted by molar-refractivity contribution is 7.13. The number of anilines is 2. The number of likely N-dealkylation sites (tertiary alicyclic amines) is 1. The zero-order chi connectivity index (χ0) is 22.1. The molecule has 2 atom stereocenters. The standard InChI is InChI=1S/C24H31N5O2S/c1-16-11-17(2)13-28(12-16)14-19-15-32-23(25-19)27-22(30)18-7-9-29(10-8-18)24-26-20-5-3-4-6-21(20)31-24/h3-6,15-18H,7-14H2,1-2H3,(H,25,27,30)/t16-,17+. The number of piperidine rings is 2. The van der Waals surface area contributed by atoms with Gasteiger partial charge in [-0.1, -0.05) is 26.0 Å². The van der Waals surface area contributed by atoms with Crippen LogP contribution in [-0.4, -0.2) is 47.0 Å². The minimum absolute atomic E-state index is 0.00762. The van der Waals surface area contributed by atoms with Gasteiger partial charge < -0.3 is 14.6 Å². The molecule has 2 saturated heterocycles. The fraction of sp³-hybridized carbons (Fsp3) is 0.542. The average Bonchev–Trinajstić information content (AvgIpc) is 3.40. The highest BCUT2D eigenvalue weighted by atomic mass is 32.1. The van der Waals surface area contributed by atoms with E-state index >= 15 is 0 Å². The highest BCUT2D eigenvalue weighted by Crippen LogP contribution is 2.28. The topological polar surface area (TPSA) is 74.5 Å². The van der Waals surface area contributed by atoms with Gasteiger partial charge in [-0.2, -0.15) is 4.98 Å². The summed E-state index contributed by atoms with van der Waals surface area (Å²) in [6, 6.07) is 8.45. The molecule has 2 aliphatic rings. The van der Waals surface area contributed by atoms with E-state index in [-0.39, 0.29) is 11.8 Å². The van der Waals surface area contributed by atoms with Crippen LogP contribution in [0, 0.1) is 17.8 Å². The van der Waals surface area contributed by atoms with Gasteiger partial charge in [-0.15, -0.1) is 11.3 Å². The Morgan fingerprint density at radius 1 is 1.16 bits per heavy atom. The molecule has 8 heteroatoms. The first kappa shape index (κ1) is 21.4. The summed E-state index contributed by atoms with van der Waals surface area (Å²) in [5.41, 5.74) is 2.73. The first-order valence-corrected chi connectivity index (χ1v) is 12.5. The van der Waals surface area contributed by atoms with Gasteiger partial charge in [0.05, 0.1) is 5.69 Å². The van der Waals surface area contributed by atoms with E-state index in [0.29, 0.717) is 11.1 Å². The molecule has 0 bridgehead atoms. The summed E-state index contributed by atoms with van der Waals surface area (Å²) < 4.78 is 5.88. The Labute approximate surface area is 192 Å². The summed E-state index contributed by atoms with van der Waals surface area (Å²) in [5, 5.41) is 5.85. The van der Waals surface area contributed by atoms with E-state index in [0.717, 1.165) is 74.2 Å². The normalized spacial score (nSPS) is 23.0. The first-order chi connectivity index (χ1) is 15.5. The number of oxazole rings is 1. The number of hydrogen-bond acceptors (Lipinski definition) is 7. The van der Waals surface area contributed by atoms with Crippen molar-refractivity contribution >= 4 is 39.5 Å². The number of para-hydroxylation sites is 2. The molecule has 2 aromatic heterocycles. The van der Waals surface area contributed by atoms with Gasteiger partial charge in [0.25, 0.3) is 6.01 Å². The van der Waals surface area contributed by atoms with Crippen LogP contribution in [0.4, 0.5) is 11.1 Å². The number of nitrogens with one attached hydrogen (secondary N) is 1. The second kappa shape index (κ2) is 9.19. The van der Waals surface area contributed by atoms with Crippen molar-refractivity contribution in [1.82, 2.24) is 14.9 Å². The lowest BCUT2D eigenvalue weighted by Gasteiger charge is -2.34. The van der Waals surface area contributed by atoms with Gasteiger partial charge in [0.15, 0.2) is 10.7 Å². The number of carbonyl (C=O) groups is 1. The van der Waals surface area contributed by atoms with Crippen molar-refractivity contribution in [2.45, 2.75) is 39.7 Å². The molecule has 0 aliphatic carbocycles. The van der Waals surface area contributed by atoms with E-state index in [1.807, 2.05) is 24.3 Å². The molecule has 0 spiro atoms. The molecule has 4 heterocycles. The van der Waals surface area contributed by atoms with Crippen LogP contribution in [-0.2, 0) is 11.3 Å². The molecular weight excluding hydrogens is 422 g/mol. The van der Waals surface area contributed by atoms with Crippen molar-refractivity contribution < 1.29 is 9.21 Å². The first-order valence-electron chi connectivity index (χ1n) is 11.6. The van der Waals surface area contributed by atoms with Crippen molar-refractivity contribution in [1.29, 1.82) is 0 Å². The molecule has 3 aromatic rings. The molecule has 2 fully saturated rings. The van der Waals surface area contributed by atoms with Gasteiger partial charge in [0, 0.05) is 44.0 Å². The summed E-state index contributed by atoms with van der Waals surface area (Å²) in [6.07, 6.45) is 2.87. The Balaban J connectivity index is 1.13. The van der Waals surface area contributed by atoms with Crippen molar-refractivity contribution in [3.63, 3.8) is 0 Å². The van der Waals surface area contributed by atoms with Crippen LogP contribution in [0.2, 0.25) is 0 Å². The third kappa shape index (κ3) is 4.81. The van der Waals surface area contributed by atoms with E-state index in [2.05, 4.69) is 44.3 Å². The van der Waals surface area contributed by atoms with E-state index in [9.17, 15) is 4.79 Å². The van der Waals surface area contributed by atoms with E-state index < -0.39 is 0 Å². The molecule has 1 N–H and O–H groups in total. The summed E-state index contributed by atoms with van der Waals surface area (Å²) in [5.74, 6) is 1.53. The predicted octanol–water partition coefficient (Wildman–Crippen LogP) is 4.62. The van der Waals surface area contributed by atoms with Gasteiger partial charge in [0.2, 0.25) is 5.91 Å². The maximum Gasteiger partial charge on any atom is 0.298 e. The number of rotatable bonds is 5. The third-order valence-corrected chi connectivity index (χ3v) is 7.34. The third-order valence-electron chi connectivity index (χ3n) is 6.53. The Hall–Kier alpha value is -2.45. The van der Waals surface area contributed by atoms with Crippen molar-refractivity contribution in [2.75, 3.05) is 36.4 Å². The van der Waals surface area contributed by atoms with Crippen LogP contribution in [0.3, 0.4) is 0 Å². The SMILES string of the molecule is C[C@@H]1C[C@H](C)CN(Cc2csc(NC(=O)C3CCN(c4nc5ccccc5o4)CC3)n2)C1. The van der Waals surface area contributed by atoms with Crippen LogP contribution in [0.5, 0.6) is 0 Å². The molecule has 32 heavy (non-hydrogen) atoms. The molecule has 1 aromatic carbocycles. The molecule has 1 amide bonds. The minimum Gasteiger partial charge on any atom is -0.423 e. The summed E-state index contributed by atoms with van der Waals surface area (Å²) >= 11 is 1.53. The monoisotopic (exact) mass is 453 g/mol.